The molecule has 9 heteroatoms. The van der Waals surface area contributed by atoms with Crippen LogP contribution in [0.3, 0.4) is 0 Å². The van der Waals surface area contributed by atoms with Gasteiger partial charge in [0.15, 0.2) is 0 Å². The summed E-state index contributed by atoms with van der Waals surface area (Å²) in [4.78, 5) is 27.6. The van der Waals surface area contributed by atoms with E-state index in [2.05, 4.69) is 5.32 Å². The number of sulfonamides is 1. The number of carbonyl (C=O) groups is 2. The van der Waals surface area contributed by atoms with Crippen molar-refractivity contribution >= 4 is 39.1 Å². The first kappa shape index (κ1) is 29.6. The van der Waals surface area contributed by atoms with Gasteiger partial charge in [-0.3, -0.25) is 13.9 Å². The van der Waals surface area contributed by atoms with E-state index in [1.807, 2.05) is 39.0 Å². The van der Waals surface area contributed by atoms with E-state index >= 15 is 0 Å². The molecule has 2 amide bonds. The average molecular weight is 536 g/mol. The molecule has 1 N–H and O–H groups in total. The van der Waals surface area contributed by atoms with E-state index in [4.69, 9.17) is 11.6 Å². The highest BCUT2D eigenvalue weighted by atomic mass is 35.5. The summed E-state index contributed by atoms with van der Waals surface area (Å²) in [5.74, 6) is -0.436. The molecule has 0 fully saturated rings. The van der Waals surface area contributed by atoms with Crippen molar-refractivity contribution in [1.29, 1.82) is 0 Å². The Morgan fingerprint density at radius 3 is 2.42 bits per heavy atom. The molecule has 0 unspecified atom stereocenters. The number of nitrogens with zero attached hydrogens (tertiary/aromatic N) is 2. The van der Waals surface area contributed by atoms with E-state index in [-0.39, 0.29) is 31.3 Å². The van der Waals surface area contributed by atoms with Gasteiger partial charge in [0.25, 0.3) is 0 Å². The Bertz CT molecular complexity index is 1150. The topological polar surface area (TPSA) is 86.8 Å². The van der Waals surface area contributed by atoms with Crippen LogP contribution >= 0.6 is 11.6 Å². The number of aryl methyl sites for hydroxylation is 1. The van der Waals surface area contributed by atoms with Crippen LogP contribution in [0.5, 0.6) is 0 Å². The van der Waals surface area contributed by atoms with Crippen molar-refractivity contribution < 1.29 is 18.0 Å². The fourth-order valence-electron chi connectivity index (χ4n) is 3.94. The lowest BCUT2D eigenvalue weighted by Crippen LogP contribution is -2.48. The van der Waals surface area contributed by atoms with Crippen molar-refractivity contribution in [2.24, 2.45) is 0 Å². The molecule has 36 heavy (non-hydrogen) atoms. The number of unbranched alkanes of at least 4 members (excludes halogenated alkanes) is 1. The Kier molecular flexibility index (Phi) is 11.2. The molecule has 7 nitrogen and oxygen atoms in total. The monoisotopic (exact) mass is 535 g/mol. The van der Waals surface area contributed by atoms with Crippen LogP contribution in [0.15, 0.2) is 42.5 Å². The highest BCUT2D eigenvalue weighted by Gasteiger charge is 2.27. The zero-order valence-corrected chi connectivity index (χ0v) is 23.5. The molecule has 198 valence electrons. The molecule has 0 spiro atoms. The molecule has 0 heterocycles. The minimum Gasteiger partial charge on any atom is -0.354 e. The predicted octanol–water partition coefficient (Wildman–Crippen LogP) is 4.84. The van der Waals surface area contributed by atoms with Crippen molar-refractivity contribution in [2.45, 2.75) is 66.0 Å². The van der Waals surface area contributed by atoms with E-state index in [0.29, 0.717) is 23.7 Å². The van der Waals surface area contributed by atoms with Gasteiger partial charge in [-0.15, -0.1) is 0 Å². The Balaban J connectivity index is 2.18. The first-order valence-corrected chi connectivity index (χ1v) is 14.5. The average Bonchev–Trinajstić information content (AvgIpc) is 2.81. The van der Waals surface area contributed by atoms with Gasteiger partial charge in [0.05, 0.1) is 11.9 Å². The summed E-state index contributed by atoms with van der Waals surface area (Å²) in [5, 5.41) is 3.45. The molecule has 0 saturated heterocycles. The zero-order chi connectivity index (χ0) is 26.9. The van der Waals surface area contributed by atoms with E-state index in [1.165, 1.54) is 15.5 Å². The van der Waals surface area contributed by atoms with Crippen LogP contribution in [-0.4, -0.2) is 50.5 Å². The largest absolute Gasteiger partial charge is 0.354 e. The second kappa shape index (κ2) is 13.7. The fourth-order valence-corrected chi connectivity index (χ4v) is 5.17. The number of amides is 2. The molecule has 0 saturated carbocycles. The Morgan fingerprint density at radius 1 is 1.08 bits per heavy atom. The fraction of sp³-hybridized carbons (Fsp3) is 0.481. The molecule has 1 atom stereocenters. The molecule has 2 aromatic carbocycles. The molecule has 0 bridgehead atoms. The van der Waals surface area contributed by atoms with Gasteiger partial charge in [-0.25, -0.2) is 8.42 Å². The van der Waals surface area contributed by atoms with E-state index < -0.39 is 16.1 Å². The van der Waals surface area contributed by atoms with Crippen molar-refractivity contribution in [3.8, 4) is 0 Å². The summed E-state index contributed by atoms with van der Waals surface area (Å²) >= 11 is 6.13. The van der Waals surface area contributed by atoms with E-state index in [9.17, 15) is 18.0 Å². The van der Waals surface area contributed by atoms with Crippen LogP contribution in [0.1, 0.15) is 56.2 Å². The Hall–Kier alpha value is -2.58. The van der Waals surface area contributed by atoms with Crippen LogP contribution in [0.4, 0.5) is 5.69 Å². The van der Waals surface area contributed by atoms with Crippen molar-refractivity contribution in [3.05, 3.63) is 64.2 Å². The van der Waals surface area contributed by atoms with Gasteiger partial charge in [-0.05, 0) is 68.5 Å². The molecule has 0 aliphatic rings. The molecule has 2 rings (SSSR count). The molecule has 0 radical (unpaired) electrons. The minimum atomic E-state index is -3.54. The maximum atomic E-state index is 13.3. The summed E-state index contributed by atoms with van der Waals surface area (Å²) < 4.78 is 26.5. The molecule has 0 aliphatic carbocycles. The molecular formula is C27H38ClN3O4S. The third kappa shape index (κ3) is 8.52. The quantitative estimate of drug-likeness (QED) is 0.372. The molecule has 0 aromatic heterocycles. The number of halogens is 1. The van der Waals surface area contributed by atoms with Gasteiger partial charge >= 0.3 is 0 Å². The van der Waals surface area contributed by atoms with Crippen molar-refractivity contribution in [1.82, 2.24) is 10.2 Å². The number of anilines is 1. The lowest BCUT2D eigenvalue weighted by atomic mass is 10.1. The smallest absolute Gasteiger partial charge is 0.242 e. The number of benzene rings is 2. The second-order valence-corrected chi connectivity index (χ2v) is 11.5. The van der Waals surface area contributed by atoms with Crippen LogP contribution in [0.25, 0.3) is 0 Å². The standard InChI is InChI=1S/C27H38ClN3O4S/c1-6-7-16-29-27(33)22(4)30(19-23-12-9-13-24(28)18-23)26(32)15-10-17-31(36(5,34)35)25-14-8-11-20(2)21(25)3/h8-9,11-14,18,22H,6-7,10,15-17,19H2,1-5H3,(H,29,33)/t22-/m0/s1. The third-order valence-corrected chi connectivity index (χ3v) is 7.65. The number of carbonyl (C=O) groups excluding carboxylic acids is 2. The van der Waals surface area contributed by atoms with Gasteiger partial charge in [-0.1, -0.05) is 49.2 Å². The summed E-state index contributed by atoms with van der Waals surface area (Å²) in [5.41, 5.74) is 3.31. The Morgan fingerprint density at radius 2 is 1.78 bits per heavy atom. The van der Waals surface area contributed by atoms with Gasteiger partial charge in [-0.2, -0.15) is 0 Å². The lowest BCUT2D eigenvalue weighted by Gasteiger charge is -2.30. The number of nitrogens with one attached hydrogen (secondary N) is 1. The summed E-state index contributed by atoms with van der Waals surface area (Å²) in [6.07, 6.45) is 3.40. The highest BCUT2D eigenvalue weighted by molar-refractivity contribution is 7.92. The van der Waals surface area contributed by atoms with Gasteiger partial charge < -0.3 is 10.2 Å². The van der Waals surface area contributed by atoms with Crippen LogP contribution in [-0.2, 0) is 26.2 Å². The predicted molar refractivity (Wildman–Crippen MR) is 147 cm³/mol. The first-order chi connectivity index (χ1) is 17.0. The first-order valence-electron chi connectivity index (χ1n) is 12.3. The SMILES string of the molecule is CCCCNC(=O)[C@H](C)N(Cc1cccc(Cl)c1)C(=O)CCCN(c1cccc(C)c1C)S(C)(=O)=O. The minimum absolute atomic E-state index is 0.101. The van der Waals surface area contributed by atoms with Crippen molar-refractivity contribution in [3.63, 3.8) is 0 Å². The summed E-state index contributed by atoms with van der Waals surface area (Å²) in [7, 11) is -3.54. The summed E-state index contributed by atoms with van der Waals surface area (Å²) in [6, 6.07) is 12.1. The molecular weight excluding hydrogens is 498 g/mol. The van der Waals surface area contributed by atoms with E-state index in [0.717, 1.165) is 29.5 Å². The van der Waals surface area contributed by atoms with Gasteiger partial charge in [0.2, 0.25) is 21.8 Å². The van der Waals surface area contributed by atoms with Crippen LogP contribution in [0, 0.1) is 13.8 Å². The van der Waals surface area contributed by atoms with Gasteiger partial charge in [0.1, 0.15) is 6.04 Å². The number of hydrogen-bond acceptors (Lipinski definition) is 4. The number of hydrogen-bond donors (Lipinski definition) is 1. The second-order valence-electron chi connectivity index (χ2n) is 9.13. The van der Waals surface area contributed by atoms with E-state index in [1.54, 1.807) is 31.2 Å². The van der Waals surface area contributed by atoms with Gasteiger partial charge in [0, 0.05) is 31.1 Å². The maximum absolute atomic E-state index is 13.3. The zero-order valence-electron chi connectivity index (χ0n) is 21.9. The summed E-state index contributed by atoms with van der Waals surface area (Å²) in [6.45, 7) is 8.53. The highest BCUT2D eigenvalue weighted by Crippen LogP contribution is 2.25. The van der Waals surface area contributed by atoms with Crippen LogP contribution in [0.2, 0.25) is 5.02 Å². The third-order valence-electron chi connectivity index (χ3n) is 6.24. The van der Waals surface area contributed by atoms with Crippen molar-refractivity contribution in [2.75, 3.05) is 23.7 Å². The maximum Gasteiger partial charge on any atom is 0.242 e. The van der Waals surface area contributed by atoms with Crippen LogP contribution < -0.4 is 9.62 Å². The normalized spacial score (nSPS) is 12.2. The molecule has 2 aromatic rings. The Labute approximate surface area is 220 Å². The lowest BCUT2D eigenvalue weighted by molar-refractivity contribution is -0.140. The molecule has 0 aliphatic heterocycles. The number of rotatable bonds is 13.